The molecule has 1 fully saturated rings. The molecule has 0 aromatic heterocycles. The Kier molecular flexibility index (Phi) is 9.91. The third kappa shape index (κ3) is 7.54. The van der Waals surface area contributed by atoms with Crippen molar-refractivity contribution in [1.29, 1.82) is 0 Å². The highest BCUT2D eigenvalue weighted by molar-refractivity contribution is 7.99. The summed E-state index contributed by atoms with van der Waals surface area (Å²) in [6.45, 7) is 2.85. The Morgan fingerprint density at radius 3 is 2.59 bits per heavy atom. The number of aliphatic hydroxyl groups is 2. The predicted octanol–water partition coefficient (Wildman–Crippen LogP) is 3.34. The van der Waals surface area contributed by atoms with E-state index in [2.05, 4.69) is 5.32 Å². The Bertz CT molecular complexity index is 953. The van der Waals surface area contributed by atoms with Crippen LogP contribution in [-0.2, 0) is 30.4 Å². The third-order valence-electron chi connectivity index (χ3n) is 5.29. The first-order valence-corrected chi connectivity index (χ1v) is 12.3. The normalized spacial score (nSPS) is 21.0. The second kappa shape index (κ2) is 12.9. The molecule has 3 rings (SSSR count). The van der Waals surface area contributed by atoms with Crippen LogP contribution in [0.25, 0.3) is 0 Å². The third-order valence-corrected chi connectivity index (χ3v) is 6.37. The second-order valence-electron chi connectivity index (χ2n) is 8.02. The molecule has 2 aromatic carbocycles. The van der Waals surface area contributed by atoms with Crippen molar-refractivity contribution >= 4 is 29.3 Å². The molecule has 0 radical (unpaired) electrons. The molecule has 9 heteroatoms. The average Bonchev–Trinajstić information content (AvgIpc) is 2.84. The summed E-state index contributed by atoms with van der Waals surface area (Å²) in [5.41, 5.74) is 3.09. The molecule has 8 nitrogen and oxygen atoms in total. The Labute approximate surface area is 203 Å². The van der Waals surface area contributed by atoms with Crippen LogP contribution in [0.1, 0.15) is 49.4 Å². The molecule has 1 amide bonds. The maximum atomic E-state index is 12.3. The number of benzene rings is 2. The number of ether oxygens (including phenoxy) is 3. The number of thioether (sulfide) groups is 1. The number of carbonyl (C=O) groups is 2. The standard InChI is InChI=1S/C25H31NO7S/c1-16(31-17(2)29)24(30)26-21-5-3-4-20(12-21)25-32-22(15-34-11-10-27)13-23(33-25)19-8-6-18(14-28)7-9-19/h3-9,12,16,22-23,25,27-28H,10-11,13-15H2,1-2H3,(H,26,30)/t16-,22-,23+,25?/m0/s1. The van der Waals surface area contributed by atoms with Gasteiger partial charge in [-0.05, 0) is 30.2 Å². The predicted molar refractivity (Wildman–Crippen MR) is 129 cm³/mol. The van der Waals surface area contributed by atoms with Gasteiger partial charge in [-0.3, -0.25) is 9.59 Å². The molecule has 0 bridgehead atoms. The SMILES string of the molecule is CC(=O)O[C@@H](C)C(=O)Nc1cccc(C2O[C@H](CSCCO)C[C@H](c3ccc(CO)cc3)O2)c1. The van der Waals surface area contributed by atoms with Crippen LogP contribution in [0.4, 0.5) is 5.69 Å². The highest BCUT2D eigenvalue weighted by atomic mass is 32.2. The van der Waals surface area contributed by atoms with Crippen molar-refractivity contribution in [1.82, 2.24) is 0 Å². The molecule has 1 heterocycles. The maximum Gasteiger partial charge on any atom is 0.303 e. The lowest BCUT2D eigenvalue weighted by molar-refractivity contribution is -0.245. The Hall–Kier alpha value is -2.43. The van der Waals surface area contributed by atoms with Crippen molar-refractivity contribution in [2.45, 2.75) is 51.5 Å². The van der Waals surface area contributed by atoms with Crippen LogP contribution in [0.5, 0.6) is 0 Å². The van der Waals surface area contributed by atoms with Crippen molar-refractivity contribution < 1.29 is 34.0 Å². The van der Waals surface area contributed by atoms with Crippen LogP contribution in [0.2, 0.25) is 0 Å². The molecule has 4 atom stereocenters. The van der Waals surface area contributed by atoms with E-state index in [1.54, 1.807) is 30.0 Å². The molecule has 1 saturated heterocycles. The number of hydrogen-bond acceptors (Lipinski definition) is 8. The van der Waals surface area contributed by atoms with Gasteiger partial charge in [0.25, 0.3) is 5.91 Å². The molecular weight excluding hydrogens is 458 g/mol. The van der Waals surface area contributed by atoms with Crippen molar-refractivity contribution in [3.05, 3.63) is 65.2 Å². The van der Waals surface area contributed by atoms with Crippen LogP contribution in [0.3, 0.4) is 0 Å². The van der Waals surface area contributed by atoms with Crippen LogP contribution >= 0.6 is 11.8 Å². The van der Waals surface area contributed by atoms with Gasteiger partial charge in [0.15, 0.2) is 12.4 Å². The first kappa shape index (κ1) is 26.2. The smallest absolute Gasteiger partial charge is 0.303 e. The lowest BCUT2D eigenvalue weighted by Gasteiger charge is -2.36. The average molecular weight is 490 g/mol. The Balaban J connectivity index is 1.76. The van der Waals surface area contributed by atoms with Crippen LogP contribution < -0.4 is 5.32 Å². The van der Waals surface area contributed by atoms with E-state index >= 15 is 0 Å². The molecule has 1 aliphatic heterocycles. The summed E-state index contributed by atoms with van der Waals surface area (Å²) in [6.07, 6.45) is -1.22. The summed E-state index contributed by atoms with van der Waals surface area (Å²) >= 11 is 1.62. The fraction of sp³-hybridized carbons (Fsp3) is 0.440. The van der Waals surface area contributed by atoms with E-state index < -0.39 is 24.3 Å². The minimum absolute atomic E-state index is 0.0213. The quantitative estimate of drug-likeness (QED) is 0.344. The number of hydrogen-bond donors (Lipinski definition) is 3. The summed E-state index contributed by atoms with van der Waals surface area (Å²) in [5, 5.41) is 21.2. The van der Waals surface area contributed by atoms with Crippen LogP contribution in [-0.4, -0.2) is 52.4 Å². The van der Waals surface area contributed by atoms with Gasteiger partial charge in [0.1, 0.15) is 0 Å². The van der Waals surface area contributed by atoms with Crippen LogP contribution in [0, 0.1) is 0 Å². The van der Waals surface area contributed by atoms with E-state index in [4.69, 9.17) is 19.3 Å². The van der Waals surface area contributed by atoms with Gasteiger partial charge in [-0.25, -0.2) is 0 Å². The fourth-order valence-electron chi connectivity index (χ4n) is 3.61. The number of amides is 1. The molecule has 0 spiro atoms. The molecular formula is C25H31NO7S. The van der Waals surface area contributed by atoms with Gasteiger partial charge >= 0.3 is 5.97 Å². The van der Waals surface area contributed by atoms with E-state index in [0.29, 0.717) is 23.6 Å². The van der Waals surface area contributed by atoms with E-state index in [9.17, 15) is 14.7 Å². The number of nitrogens with one attached hydrogen (secondary N) is 1. The highest BCUT2D eigenvalue weighted by Crippen LogP contribution is 2.39. The van der Waals surface area contributed by atoms with Gasteiger partial charge in [-0.2, -0.15) is 11.8 Å². The first-order valence-electron chi connectivity index (χ1n) is 11.2. The van der Waals surface area contributed by atoms with Gasteiger partial charge < -0.3 is 29.7 Å². The van der Waals surface area contributed by atoms with Crippen molar-refractivity contribution in [2.24, 2.45) is 0 Å². The summed E-state index contributed by atoms with van der Waals surface area (Å²) in [4.78, 5) is 23.4. The number of carbonyl (C=O) groups excluding carboxylic acids is 2. The number of aliphatic hydroxyl groups excluding tert-OH is 2. The highest BCUT2D eigenvalue weighted by Gasteiger charge is 2.32. The van der Waals surface area contributed by atoms with Gasteiger partial charge in [0.2, 0.25) is 0 Å². The van der Waals surface area contributed by atoms with E-state index in [1.165, 1.54) is 13.8 Å². The van der Waals surface area contributed by atoms with E-state index in [-0.39, 0.29) is 25.4 Å². The topological polar surface area (TPSA) is 114 Å². The maximum absolute atomic E-state index is 12.3. The zero-order chi connectivity index (χ0) is 24.5. The Morgan fingerprint density at radius 2 is 1.91 bits per heavy atom. The van der Waals surface area contributed by atoms with Gasteiger partial charge in [-0.15, -0.1) is 0 Å². The lowest BCUT2D eigenvalue weighted by atomic mass is 10.0. The van der Waals surface area contributed by atoms with Crippen molar-refractivity contribution in [2.75, 3.05) is 23.4 Å². The van der Waals surface area contributed by atoms with Gasteiger partial charge in [0.05, 0.1) is 25.4 Å². The summed E-state index contributed by atoms with van der Waals surface area (Å²) in [6, 6.07) is 14.8. The van der Waals surface area contributed by atoms with Crippen molar-refractivity contribution in [3.63, 3.8) is 0 Å². The summed E-state index contributed by atoms with van der Waals surface area (Å²) in [5.74, 6) is 0.382. The fourth-order valence-corrected chi connectivity index (χ4v) is 4.38. The number of anilines is 1. The molecule has 0 saturated carbocycles. The Morgan fingerprint density at radius 1 is 1.15 bits per heavy atom. The molecule has 34 heavy (non-hydrogen) atoms. The van der Waals surface area contributed by atoms with E-state index in [0.717, 1.165) is 16.7 Å². The first-order chi connectivity index (χ1) is 16.4. The minimum atomic E-state index is -0.914. The minimum Gasteiger partial charge on any atom is -0.453 e. The van der Waals surface area contributed by atoms with Crippen LogP contribution in [0.15, 0.2) is 48.5 Å². The second-order valence-corrected chi connectivity index (χ2v) is 9.16. The number of esters is 1. The zero-order valence-corrected chi connectivity index (χ0v) is 20.1. The largest absolute Gasteiger partial charge is 0.453 e. The monoisotopic (exact) mass is 489 g/mol. The molecule has 2 aromatic rings. The molecule has 1 unspecified atom stereocenters. The molecule has 0 aliphatic carbocycles. The van der Waals surface area contributed by atoms with E-state index in [1.807, 2.05) is 30.3 Å². The molecule has 184 valence electrons. The lowest BCUT2D eigenvalue weighted by Crippen LogP contribution is -2.31. The molecule has 1 aliphatic rings. The van der Waals surface area contributed by atoms with Crippen molar-refractivity contribution in [3.8, 4) is 0 Å². The number of rotatable bonds is 10. The van der Waals surface area contributed by atoms with Gasteiger partial charge in [0, 0.05) is 36.1 Å². The molecule has 3 N–H and O–H groups in total. The summed E-state index contributed by atoms with van der Waals surface area (Å²) < 4.78 is 17.5. The summed E-state index contributed by atoms with van der Waals surface area (Å²) in [7, 11) is 0. The zero-order valence-electron chi connectivity index (χ0n) is 19.3. The van der Waals surface area contributed by atoms with Gasteiger partial charge in [-0.1, -0.05) is 36.4 Å².